The van der Waals surface area contributed by atoms with Gasteiger partial charge in [0.15, 0.2) is 0 Å². The van der Waals surface area contributed by atoms with E-state index in [1.807, 2.05) is 0 Å². The Morgan fingerprint density at radius 2 is 1.71 bits per heavy atom. The number of hydrogen-bond donors (Lipinski definition) is 1. The molecule has 0 amide bonds. The van der Waals surface area contributed by atoms with Crippen molar-refractivity contribution in [2.24, 2.45) is 11.8 Å². The van der Waals surface area contributed by atoms with Crippen molar-refractivity contribution in [2.45, 2.75) is 102 Å². The van der Waals surface area contributed by atoms with Crippen LogP contribution in [0.25, 0.3) is 0 Å². The number of hydrogen-bond acceptors (Lipinski definition) is 2. The van der Waals surface area contributed by atoms with Crippen LogP contribution in [0, 0.1) is 11.8 Å². The zero-order valence-corrected chi connectivity index (χ0v) is 20.0. The zero-order chi connectivity index (χ0) is 25.1. The predicted octanol–water partition coefficient (Wildman–Crippen LogP) is 7.36. The highest BCUT2D eigenvalue weighted by Gasteiger charge is 2.42. The number of benzene rings is 1. The van der Waals surface area contributed by atoms with E-state index in [2.05, 4.69) is 18.7 Å². The summed E-state index contributed by atoms with van der Waals surface area (Å²) in [5.41, 5.74) is 0.0562. The van der Waals surface area contributed by atoms with Crippen LogP contribution in [-0.2, 0) is 11.0 Å². The van der Waals surface area contributed by atoms with E-state index in [-0.39, 0.29) is 43.2 Å². The molecule has 0 unspecified atom stereocenters. The Bertz CT molecular complexity index is 798. The van der Waals surface area contributed by atoms with E-state index in [9.17, 15) is 31.9 Å². The second-order valence-electron chi connectivity index (χ2n) is 10.6. The van der Waals surface area contributed by atoms with Crippen LogP contribution in [0.2, 0.25) is 0 Å². The number of rotatable bonds is 8. The lowest BCUT2D eigenvalue weighted by atomic mass is 9.72. The van der Waals surface area contributed by atoms with E-state index in [0.717, 1.165) is 37.1 Å². The molecule has 3 nitrogen and oxygen atoms in total. The van der Waals surface area contributed by atoms with E-state index in [0.29, 0.717) is 31.6 Å². The first-order valence-corrected chi connectivity index (χ1v) is 12.4. The Labute approximate surface area is 198 Å². The van der Waals surface area contributed by atoms with Crippen LogP contribution < -0.4 is 0 Å². The summed E-state index contributed by atoms with van der Waals surface area (Å²) in [4.78, 5) is 13.7. The van der Waals surface area contributed by atoms with Gasteiger partial charge in [0.05, 0.1) is 5.56 Å². The third-order valence-electron chi connectivity index (χ3n) is 7.60. The molecule has 0 saturated heterocycles. The SMILES string of the molecule is CC(C)CCN(C1CCC(F)(F)CC1)[C@@H]1CC[C@@H](CC(=O)O)C[C@H]1c1ccc(C(F)(F)F)cc1. The molecule has 2 aliphatic carbocycles. The van der Waals surface area contributed by atoms with Crippen molar-refractivity contribution >= 4 is 5.97 Å². The topological polar surface area (TPSA) is 40.5 Å². The van der Waals surface area contributed by atoms with Gasteiger partial charge < -0.3 is 5.11 Å². The number of halogens is 5. The van der Waals surface area contributed by atoms with Gasteiger partial charge in [-0.25, -0.2) is 8.78 Å². The van der Waals surface area contributed by atoms with Crippen molar-refractivity contribution in [3.8, 4) is 0 Å². The Balaban J connectivity index is 1.90. The van der Waals surface area contributed by atoms with Gasteiger partial charge >= 0.3 is 12.1 Å². The molecule has 0 heterocycles. The van der Waals surface area contributed by atoms with Crippen molar-refractivity contribution in [3.05, 3.63) is 35.4 Å². The van der Waals surface area contributed by atoms with Gasteiger partial charge in [0.2, 0.25) is 5.92 Å². The minimum atomic E-state index is -4.42. The lowest BCUT2D eigenvalue weighted by Gasteiger charge is -2.48. The molecule has 0 bridgehead atoms. The molecule has 2 fully saturated rings. The average Bonchev–Trinajstić information content (AvgIpc) is 2.74. The summed E-state index contributed by atoms with van der Waals surface area (Å²) in [5.74, 6) is -3.26. The van der Waals surface area contributed by atoms with E-state index >= 15 is 0 Å². The van der Waals surface area contributed by atoms with Crippen LogP contribution in [0.3, 0.4) is 0 Å². The molecule has 2 aliphatic rings. The lowest BCUT2D eigenvalue weighted by molar-refractivity contribution is -0.139. The van der Waals surface area contributed by atoms with Gasteiger partial charge in [-0.2, -0.15) is 13.2 Å². The third-order valence-corrected chi connectivity index (χ3v) is 7.60. The molecule has 34 heavy (non-hydrogen) atoms. The van der Waals surface area contributed by atoms with Gasteiger partial charge in [0.25, 0.3) is 0 Å². The number of alkyl halides is 5. The zero-order valence-electron chi connectivity index (χ0n) is 20.0. The summed E-state index contributed by atoms with van der Waals surface area (Å²) < 4.78 is 67.1. The quantitative estimate of drug-likeness (QED) is 0.388. The molecule has 0 radical (unpaired) electrons. The average molecular weight is 490 g/mol. The van der Waals surface area contributed by atoms with E-state index in [1.165, 1.54) is 12.1 Å². The van der Waals surface area contributed by atoms with Crippen LogP contribution in [0.4, 0.5) is 22.0 Å². The van der Waals surface area contributed by atoms with Gasteiger partial charge in [0, 0.05) is 31.3 Å². The normalized spacial score (nSPS) is 26.2. The molecule has 8 heteroatoms. The highest BCUT2D eigenvalue weighted by atomic mass is 19.4. The summed E-state index contributed by atoms with van der Waals surface area (Å²) in [6.45, 7) is 4.98. The summed E-state index contributed by atoms with van der Waals surface area (Å²) in [7, 11) is 0. The minimum absolute atomic E-state index is 0.00254. The molecule has 1 aromatic carbocycles. The molecule has 2 saturated carbocycles. The molecule has 1 aromatic rings. The maximum atomic E-state index is 13.9. The maximum absolute atomic E-state index is 13.9. The van der Waals surface area contributed by atoms with Crippen LogP contribution in [0.15, 0.2) is 24.3 Å². The number of carbonyl (C=O) groups is 1. The number of carboxylic acid groups (broad SMARTS) is 1. The fourth-order valence-electron chi connectivity index (χ4n) is 5.73. The van der Waals surface area contributed by atoms with Crippen LogP contribution >= 0.6 is 0 Å². The van der Waals surface area contributed by atoms with Gasteiger partial charge in [-0.05, 0) is 80.5 Å². The fourth-order valence-corrected chi connectivity index (χ4v) is 5.73. The Hall–Kier alpha value is -1.70. The van der Waals surface area contributed by atoms with Crippen molar-refractivity contribution in [3.63, 3.8) is 0 Å². The monoisotopic (exact) mass is 489 g/mol. The van der Waals surface area contributed by atoms with E-state index < -0.39 is 23.6 Å². The number of carboxylic acids is 1. The molecule has 3 atom stereocenters. The highest BCUT2D eigenvalue weighted by molar-refractivity contribution is 5.67. The van der Waals surface area contributed by atoms with Crippen LogP contribution in [0.1, 0.15) is 88.7 Å². The van der Waals surface area contributed by atoms with Crippen molar-refractivity contribution < 1.29 is 31.9 Å². The minimum Gasteiger partial charge on any atom is -0.481 e. The first-order chi connectivity index (χ1) is 15.9. The molecule has 0 aromatic heterocycles. The van der Waals surface area contributed by atoms with Crippen LogP contribution in [-0.4, -0.2) is 40.5 Å². The summed E-state index contributed by atoms with van der Waals surface area (Å²) >= 11 is 0. The Morgan fingerprint density at radius 3 is 2.24 bits per heavy atom. The standard InChI is InChI=1S/C26H36F5NO2/c1-17(2)11-14-32(21-9-12-25(27,28)13-10-21)23-8-3-18(16-24(33)34)15-22(23)19-4-6-20(7-5-19)26(29,30)31/h4-7,17-18,21-23H,3,8-16H2,1-2H3,(H,33,34)/t18-,22+,23-/m1/s1. The predicted molar refractivity (Wildman–Crippen MR) is 121 cm³/mol. The molecule has 3 rings (SSSR count). The van der Waals surface area contributed by atoms with Crippen LogP contribution in [0.5, 0.6) is 0 Å². The van der Waals surface area contributed by atoms with Gasteiger partial charge in [-0.3, -0.25) is 9.69 Å². The summed E-state index contributed by atoms with van der Waals surface area (Å²) in [5, 5.41) is 9.32. The van der Waals surface area contributed by atoms with Crippen molar-refractivity contribution in [2.75, 3.05) is 6.54 Å². The Kier molecular flexibility index (Phi) is 8.64. The Morgan fingerprint density at radius 1 is 1.09 bits per heavy atom. The molecule has 1 N–H and O–H groups in total. The van der Waals surface area contributed by atoms with Crippen molar-refractivity contribution in [1.82, 2.24) is 4.90 Å². The van der Waals surface area contributed by atoms with Gasteiger partial charge in [-0.1, -0.05) is 26.0 Å². The molecular formula is C26H36F5NO2. The van der Waals surface area contributed by atoms with E-state index in [4.69, 9.17) is 0 Å². The second kappa shape index (κ2) is 10.9. The molecule has 0 aliphatic heterocycles. The first-order valence-electron chi connectivity index (χ1n) is 12.4. The molecular weight excluding hydrogens is 453 g/mol. The fraction of sp³-hybridized carbons (Fsp3) is 0.731. The maximum Gasteiger partial charge on any atom is 0.416 e. The number of aliphatic carboxylic acids is 1. The summed E-state index contributed by atoms with van der Waals surface area (Å²) in [6, 6.07) is 5.21. The highest BCUT2D eigenvalue weighted by Crippen LogP contribution is 2.44. The lowest BCUT2D eigenvalue weighted by Crippen LogP contribution is -2.51. The third kappa shape index (κ3) is 7.15. The van der Waals surface area contributed by atoms with Gasteiger partial charge in [0.1, 0.15) is 0 Å². The second-order valence-corrected chi connectivity index (χ2v) is 10.6. The first kappa shape index (κ1) is 26.9. The summed E-state index contributed by atoms with van der Waals surface area (Å²) in [6.07, 6.45) is -0.961. The van der Waals surface area contributed by atoms with Crippen molar-refractivity contribution in [1.29, 1.82) is 0 Å². The molecule has 0 spiro atoms. The molecule has 192 valence electrons. The number of nitrogens with zero attached hydrogens (tertiary/aromatic N) is 1. The van der Waals surface area contributed by atoms with E-state index in [1.54, 1.807) is 0 Å². The van der Waals surface area contributed by atoms with Gasteiger partial charge in [-0.15, -0.1) is 0 Å². The smallest absolute Gasteiger partial charge is 0.416 e. The largest absolute Gasteiger partial charge is 0.481 e.